The number of hydrogen-bond donors (Lipinski definition) is 1. The molecular weight excluding hydrogens is 238 g/mol. The highest BCUT2D eigenvalue weighted by Crippen LogP contribution is 2.32. The van der Waals surface area contributed by atoms with Crippen molar-refractivity contribution in [3.63, 3.8) is 0 Å². The van der Waals surface area contributed by atoms with E-state index in [9.17, 15) is 0 Å². The van der Waals surface area contributed by atoms with E-state index in [1.165, 1.54) is 6.42 Å². The summed E-state index contributed by atoms with van der Waals surface area (Å²) in [5.74, 6) is 0.483. The Bertz CT molecular complexity index is 341. The lowest BCUT2D eigenvalue weighted by Gasteiger charge is -2.31. The molecule has 1 fully saturated rings. The summed E-state index contributed by atoms with van der Waals surface area (Å²) in [5.41, 5.74) is 1.07. The van der Waals surface area contributed by atoms with E-state index in [2.05, 4.69) is 17.3 Å². The van der Waals surface area contributed by atoms with Gasteiger partial charge < -0.3 is 10.1 Å². The van der Waals surface area contributed by atoms with Crippen molar-refractivity contribution < 1.29 is 4.74 Å². The van der Waals surface area contributed by atoms with Crippen molar-refractivity contribution in [1.29, 1.82) is 0 Å². The average Bonchev–Trinajstić information content (AvgIpc) is 2.68. The Morgan fingerprint density at radius 1 is 1.71 bits per heavy atom. The van der Waals surface area contributed by atoms with Gasteiger partial charge in [0, 0.05) is 19.6 Å². The lowest BCUT2D eigenvalue weighted by atomic mass is 9.91. The van der Waals surface area contributed by atoms with E-state index in [0.29, 0.717) is 5.92 Å². The molecule has 1 aliphatic rings. The highest BCUT2D eigenvalue weighted by molar-refractivity contribution is 6.31. The fourth-order valence-corrected chi connectivity index (χ4v) is 2.79. The van der Waals surface area contributed by atoms with E-state index in [-0.39, 0.29) is 6.04 Å². The number of aryl methyl sites for hydroxylation is 1. The first-order valence-electron chi connectivity index (χ1n) is 6.22. The van der Waals surface area contributed by atoms with Crippen molar-refractivity contribution in [2.75, 3.05) is 19.8 Å². The molecule has 0 spiro atoms. The van der Waals surface area contributed by atoms with E-state index in [1.54, 1.807) is 6.20 Å². The van der Waals surface area contributed by atoms with Crippen LogP contribution in [0.1, 0.15) is 31.5 Å². The molecule has 1 aromatic rings. The predicted octanol–water partition coefficient (Wildman–Crippen LogP) is 2.15. The van der Waals surface area contributed by atoms with Crippen molar-refractivity contribution in [3.05, 3.63) is 16.9 Å². The van der Waals surface area contributed by atoms with Crippen molar-refractivity contribution in [2.45, 2.75) is 25.8 Å². The standard InChI is InChI=1S/C12H20ClN3O/c1-3-14-11(9-5-4-6-17-8-9)12-10(13)7-15-16(12)2/h7,9,11,14H,3-6,8H2,1-2H3. The topological polar surface area (TPSA) is 39.1 Å². The van der Waals surface area contributed by atoms with E-state index >= 15 is 0 Å². The van der Waals surface area contributed by atoms with Crippen LogP contribution in [0.5, 0.6) is 0 Å². The molecule has 1 aliphatic heterocycles. The zero-order valence-corrected chi connectivity index (χ0v) is 11.2. The second-order valence-corrected chi connectivity index (χ2v) is 4.92. The predicted molar refractivity (Wildman–Crippen MR) is 68.2 cm³/mol. The zero-order chi connectivity index (χ0) is 12.3. The monoisotopic (exact) mass is 257 g/mol. The van der Waals surface area contributed by atoms with Crippen LogP contribution in [0.3, 0.4) is 0 Å². The Morgan fingerprint density at radius 3 is 3.06 bits per heavy atom. The third-order valence-electron chi connectivity index (χ3n) is 3.32. The zero-order valence-electron chi connectivity index (χ0n) is 10.4. The van der Waals surface area contributed by atoms with E-state index in [4.69, 9.17) is 16.3 Å². The number of rotatable bonds is 4. The van der Waals surface area contributed by atoms with E-state index in [0.717, 1.165) is 36.9 Å². The molecule has 2 heterocycles. The van der Waals surface area contributed by atoms with Gasteiger partial charge in [-0.3, -0.25) is 4.68 Å². The van der Waals surface area contributed by atoms with E-state index in [1.807, 2.05) is 11.7 Å². The number of halogens is 1. The lowest BCUT2D eigenvalue weighted by Crippen LogP contribution is -2.34. The first kappa shape index (κ1) is 12.9. The van der Waals surface area contributed by atoms with Gasteiger partial charge in [0.15, 0.2) is 0 Å². The number of nitrogens with one attached hydrogen (secondary N) is 1. The number of nitrogens with zero attached hydrogens (tertiary/aromatic N) is 2. The molecule has 5 heteroatoms. The highest BCUT2D eigenvalue weighted by atomic mass is 35.5. The second-order valence-electron chi connectivity index (χ2n) is 4.51. The molecule has 1 aromatic heterocycles. The molecule has 0 aliphatic carbocycles. The molecule has 0 amide bonds. The Morgan fingerprint density at radius 2 is 2.53 bits per heavy atom. The van der Waals surface area contributed by atoms with Crippen LogP contribution in [-0.2, 0) is 11.8 Å². The maximum Gasteiger partial charge on any atom is 0.0834 e. The minimum absolute atomic E-state index is 0.236. The molecule has 1 saturated heterocycles. The van der Waals surface area contributed by atoms with Crippen molar-refractivity contribution in [1.82, 2.24) is 15.1 Å². The van der Waals surface area contributed by atoms with Gasteiger partial charge in [-0.25, -0.2) is 0 Å². The quantitative estimate of drug-likeness (QED) is 0.898. The smallest absolute Gasteiger partial charge is 0.0834 e. The molecule has 0 bridgehead atoms. The SMILES string of the molecule is CCNC(c1c(Cl)cnn1C)C1CCCOC1. The molecule has 0 saturated carbocycles. The minimum atomic E-state index is 0.236. The average molecular weight is 258 g/mol. The molecule has 2 atom stereocenters. The van der Waals surface area contributed by atoms with Crippen LogP contribution >= 0.6 is 11.6 Å². The Balaban J connectivity index is 2.21. The van der Waals surface area contributed by atoms with Crippen LogP contribution in [-0.4, -0.2) is 29.5 Å². The Kier molecular flexibility index (Phi) is 4.42. The summed E-state index contributed by atoms with van der Waals surface area (Å²) in [7, 11) is 1.94. The van der Waals surface area contributed by atoms with Crippen molar-refractivity contribution in [2.24, 2.45) is 13.0 Å². The molecule has 17 heavy (non-hydrogen) atoms. The summed E-state index contributed by atoms with van der Waals surface area (Å²) in [6, 6.07) is 0.236. The fourth-order valence-electron chi connectivity index (χ4n) is 2.51. The van der Waals surface area contributed by atoms with Gasteiger partial charge in [-0.15, -0.1) is 0 Å². The van der Waals surface area contributed by atoms with Gasteiger partial charge in [-0.2, -0.15) is 5.10 Å². The van der Waals surface area contributed by atoms with Crippen molar-refractivity contribution >= 4 is 11.6 Å². The van der Waals surface area contributed by atoms with Gasteiger partial charge >= 0.3 is 0 Å². The third kappa shape index (κ3) is 2.81. The normalized spacial score (nSPS) is 22.6. The maximum absolute atomic E-state index is 6.23. The van der Waals surface area contributed by atoms with Crippen LogP contribution in [0.15, 0.2) is 6.20 Å². The van der Waals surface area contributed by atoms with Gasteiger partial charge in [0.1, 0.15) is 0 Å². The number of hydrogen-bond acceptors (Lipinski definition) is 3. The first-order valence-corrected chi connectivity index (χ1v) is 6.60. The molecular formula is C12H20ClN3O. The van der Waals surface area contributed by atoms with Gasteiger partial charge in [0.25, 0.3) is 0 Å². The largest absolute Gasteiger partial charge is 0.381 e. The molecule has 0 aromatic carbocycles. The first-order chi connectivity index (χ1) is 8.24. The minimum Gasteiger partial charge on any atom is -0.381 e. The molecule has 2 unspecified atom stereocenters. The molecule has 4 nitrogen and oxygen atoms in total. The summed E-state index contributed by atoms with van der Waals surface area (Å²) in [4.78, 5) is 0. The summed E-state index contributed by atoms with van der Waals surface area (Å²) in [6.45, 7) is 4.72. The van der Waals surface area contributed by atoms with Crippen LogP contribution in [0.2, 0.25) is 5.02 Å². The maximum atomic E-state index is 6.23. The Hall–Kier alpha value is -0.580. The van der Waals surface area contributed by atoms with Gasteiger partial charge in [-0.05, 0) is 19.4 Å². The van der Waals surface area contributed by atoms with Gasteiger partial charge in [0.05, 0.1) is 29.6 Å². The molecule has 0 radical (unpaired) electrons. The lowest BCUT2D eigenvalue weighted by molar-refractivity contribution is 0.0381. The summed E-state index contributed by atoms with van der Waals surface area (Å²) < 4.78 is 7.44. The second kappa shape index (κ2) is 5.85. The molecule has 96 valence electrons. The van der Waals surface area contributed by atoms with Gasteiger partial charge in [-0.1, -0.05) is 18.5 Å². The third-order valence-corrected chi connectivity index (χ3v) is 3.61. The number of aromatic nitrogens is 2. The summed E-state index contributed by atoms with van der Waals surface area (Å²) in [5, 5.41) is 8.47. The van der Waals surface area contributed by atoms with Gasteiger partial charge in [0.2, 0.25) is 0 Å². The van der Waals surface area contributed by atoms with Crippen LogP contribution < -0.4 is 5.32 Å². The van der Waals surface area contributed by atoms with Crippen LogP contribution in [0.4, 0.5) is 0 Å². The van der Waals surface area contributed by atoms with E-state index < -0.39 is 0 Å². The summed E-state index contributed by atoms with van der Waals surface area (Å²) >= 11 is 6.23. The van der Waals surface area contributed by atoms with Crippen LogP contribution in [0, 0.1) is 5.92 Å². The molecule has 2 rings (SSSR count). The Labute approximate surface area is 107 Å². The highest BCUT2D eigenvalue weighted by Gasteiger charge is 2.28. The fraction of sp³-hybridized carbons (Fsp3) is 0.750. The summed E-state index contributed by atoms with van der Waals surface area (Å²) in [6.07, 6.45) is 4.02. The van der Waals surface area contributed by atoms with Crippen molar-refractivity contribution in [3.8, 4) is 0 Å². The number of ether oxygens (including phenoxy) is 1. The van der Waals surface area contributed by atoms with Crippen LogP contribution in [0.25, 0.3) is 0 Å². The molecule has 1 N–H and O–H groups in total.